The summed E-state index contributed by atoms with van der Waals surface area (Å²) in [7, 11) is 0. The fourth-order valence-electron chi connectivity index (χ4n) is 2.00. The SMILES string of the molecule is C[C@@H](O)[C@H]1O[C@@H](n2ccc(O)cc2=O)[C@@H](O)C1O. The molecule has 18 heavy (non-hydrogen) atoms. The van der Waals surface area contributed by atoms with Gasteiger partial charge in [-0.25, -0.2) is 0 Å². The summed E-state index contributed by atoms with van der Waals surface area (Å²) in [6, 6.07) is 2.23. The molecular weight excluding hydrogens is 242 g/mol. The second-order valence-corrected chi connectivity index (χ2v) is 4.34. The maximum atomic E-state index is 11.6. The van der Waals surface area contributed by atoms with E-state index < -0.39 is 36.2 Å². The predicted octanol–water partition coefficient (Wildman–Crippen LogP) is -1.45. The van der Waals surface area contributed by atoms with Gasteiger partial charge in [0.1, 0.15) is 24.1 Å². The minimum absolute atomic E-state index is 0.198. The van der Waals surface area contributed by atoms with Gasteiger partial charge in [0.25, 0.3) is 5.56 Å². The van der Waals surface area contributed by atoms with Gasteiger partial charge in [0.15, 0.2) is 6.23 Å². The molecule has 0 bridgehead atoms. The molecule has 1 aliphatic heterocycles. The number of hydrogen-bond donors (Lipinski definition) is 4. The summed E-state index contributed by atoms with van der Waals surface area (Å²) in [6.07, 6.45) is -4.39. The van der Waals surface area contributed by atoms with Crippen molar-refractivity contribution in [3.8, 4) is 5.75 Å². The van der Waals surface area contributed by atoms with E-state index in [1.165, 1.54) is 19.2 Å². The maximum absolute atomic E-state index is 11.6. The monoisotopic (exact) mass is 257 g/mol. The first kappa shape index (κ1) is 13.0. The highest BCUT2D eigenvalue weighted by Gasteiger charge is 2.45. The molecule has 1 unspecified atom stereocenters. The minimum atomic E-state index is -1.33. The molecule has 1 aromatic rings. The molecule has 2 heterocycles. The maximum Gasteiger partial charge on any atom is 0.256 e. The fourth-order valence-corrected chi connectivity index (χ4v) is 2.00. The zero-order valence-corrected chi connectivity index (χ0v) is 9.67. The Morgan fingerprint density at radius 1 is 1.39 bits per heavy atom. The fraction of sp³-hybridized carbons (Fsp3) is 0.545. The van der Waals surface area contributed by atoms with Crippen LogP contribution in [0.4, 0.5) is 0 Å². The third-order valence-electron chi connectivity index (χ3n) is 2.96. The molecule has 7 nitrogen and oxygen atoms in total. The highest BCUT2D eigenvalue weighted by atomic mass is 16.6. The number of pyridine rings is 1. The van der Waals surface area contributed by atoms with Gasteiger partial charge in [0.05, 0.1) is 6.10 Å². The van der Waals surface area contributed by atoms with Crippen LogP contribution in [0.1, 0.15) is 13.2 Å². The van der Waals surface area contributed by atoms with E-state index in [4.69, 9.17) is 9.84 Å². The van der Waals surface area contributed by atoms with E-state index >= 15 is 0 Å². The summed E-state index contributed by atoms with van der Waals surface area (Å²) < 4.78 is 6.34. The van der Waals surface area contributed by atoms with Gasteiger partial charge in [-0.2, -0.15) is 0 Å². The molecule has 5 atom stereocenters. The molecular formula is C11H15NO6. The normalized spacial score (nSPS) is 33.6. The second kappa shape index (κ2) is 4.69. The van der Waals surface area contributed by atoms with Crippen LogP contribution in [0.25, 0.3) is 0 Å². The van der Waals surface area contributed by atoms with Gasteiger partial charge < -0.3 is 25.2 Å². The summed E-state index contributed by atoms with van der Waals surface area (Å²) in [4.78, 5) is 11.6. The quantitative estimate of drug-likeness (QED) is 0.516. The van der Waals surface area contributed by atoms with Crippen LogP contribution in [0.2, 0.25) is 0 Å². The number of aliphatic hydroxyl groups excluding tert-OH is 3. The first-order chi connectivity index (χ1) is 8.41. The van der Waals surface area contributed by atoms with Crippen LogP contribution in [0, 0.1) is 0 Å². The van der Waals surface area contributed by atoms with Gasteiger partial charge in [-0.3, -0.25) is 9.36 Å². The number of aromatic nitrogens is 1. The Balaban J connectivity index is 2.32. The third kappa shape index (κ3) is 2.13. The average molecular weight is 257 g/mol. The Bertz CT molecular complexity index is 485. The minimum Gasteiger partial charge on any atom is -0.508 e. The van der Waals surface area contributed by atoms with Crippen molar-refractivity contribution in [2.45, 2.75) is 37.6 Å². The highest BCUT2D eigenvalue weighted by molar-refractivity contribution is 5.16. The molecule has 1 fully saturated rings. The van der Waals surface area contributed by atoms with Crippen molar-refractivity contribution < 1.29 is 25.2 Å². The molecule has 0 aliphatic carbocycles. The highest BCUT2D eigenvalue weighted by Crippen LogP contribution is 2.30. The number of aromatic hydroxyl groups is 1. The lowest BCUT2D eigenvalue weighted by Crippen LogP contribution is -2.37. The molecule has 7 heteroatoms. The smallest absolute Gasteiger partial charge is 0.256 e. The van der Waals surface area contributed by atoms with Crippen LogP contribution in [0.15, 0.2) is 23.1 Å². The van der Waals surface area contributed by atoms with Crippen LogP contribution in [-0.2, 0) is 4.74 Å². The Hall–Kier alpha value is -1.41. The van der Waals surface area contributed by atoms with E-state index in [1.807, 2.05) is 0 Å². The second-order valence-electron chi connectivity index (χ2n) is 4.34. The molecule has 0 spiro atoms. The molecule has 1 aromatic heterocycles. The van der Waals surface area contributed by atoms with E-state index in [2.05, 4.69) is 0 Å². The van der Waals surface area contributed by atoms with E-state index in [1.54, 1.807) is 0 Å². The van der Waals surface area contributed by atoms with Crippen LogP contribution in [0.3, 0.4) is 0 Å². The van der Waals surface area contributed by atoms with E-state index in [9.17, 15) is 20.1 Å². The van der Waals surface area contributed by atoms with Crippen molar-refractivity contribution in [3.63, 3.8) is 0 Å². The lowest BCUT2D eigenvalue weighted by molar-refractivity contribution is -0.0800. The number of aliphatic hydroxyl groups is 3. The number of ether oxygens (including phenoxy) is 1. The standard InChI is InChI=1S/C11H15NO6/c1-5(13)10-8(16)9(17)11(18-10)12-3-2-6(14)4-7(12)15/h2-5,8-11,13-14,16-17H,1H3/t5-,8?,9+,10-,11-/m1/s1. The lowest BCUT2D eigenvalue weighted by Gasteiger charge is -2.18. The summed E-state index contributed by atoms with van der Waals surface area (Å²) in [5, 5.41) is 38.0. The number of rotatable bonds is 2. The summed E-state index contributed by atoms with van der Waals surface area (Å²) in [6.45, 7) is 1.42. The Morgan fingerprint density at radius 3 is 2.56 bits per heavy atom. The zero-order chi connectivity index (χ0) is 13.4. The van der Waals surface area contributed by atoms with Crippen LogP contribution in [0.5, 0.6) is 5.75 Å². The topological polar surface area (TPSA) is 112 Å². The summed E-state index contributed by atoms with van der Waals surface area (Å²) in [5.41, 5.74) is -0.572. The van der Waals surface area contributed by atoms with E-state index in [0.717, 1.165) is 10.6 Å². The average Bonchev–Trinajstić information content (AvgIpc) is 2.57. The largest absolute Gasteiger partial charge is 0.508 e. The Morgan fingerprint density at radius 2 is 2.06 bits per heavy atom. The molecule has 4 N–H and O–H groups in total. The van der Waals surface area contributed by atoms with Crippen LogP contribution in [-0.4, -0.2) is 49.4 Å². The molecule has 0 amide bonds. The molecule has 2 rings (SSSR count). The van der Waals surface area contributed by atoms with Gasteiger partial charge in [0.2, 0.25) is 0 Å². The van der Waals surface area contributed by atoms with Gasteiger partial charge in [-0.15, -0.1) is 0 Å². The molecule has 0 saturated carbocycles. The summed E-state index contributed by atoms with van der Waals surface area (Å²) in [5.74, 6) is -0.198. The van der Waals surface area contributed by atoms with Crippen molar-refractivity contribution in [1.82, 2.24) is 4.57 Å². The van der Waals surface area contributed by atoms with Gasteiger partial charge in [0, 0.05) is 12.3 Å². The molecule has 0 aromatic carbocycles. The summed E-state index contributed by atoms with van der Waals surface area (Å²) >= 11 is 0. The van der Waals surface area contributed by atoms with Crippen molar-refractivity contribution in [2.75, 3.05) is 0 Å². The Labute approximate surface area is 102 Å². The van der Waals surface area contributed by atoms with E-state index in [-0.39, 0.29) is 5.75 Å². The van der Waals surface area contributed by atoms with Crippen molar-refractivity contribution in [2.24, 2.45) is 0 Å². The van der Waals surface area contributed by atoms with Crippen molar-refractivity contribution >= 4 is 0 Å². The molecule has 1 aliphatic rings. The van der Waals surface area contributed by atoms with Crippen molar-refractivity contribution in [1.29, 1.82) is 0 Å². The lowest BCUT2D eigenvalue weighted by atomic mass is 10.1. The first-order valence-electron chi connectivity index (χ1n) is 5.52. The van der Waals surface area contributed by atoms with Crippen LogP contribution < -0.4 is 5.56 Å². The number of hydrogen-bond acceptors (Lipinski definition) is 6. The van der Waals surface area contributed by atoms with Crippen molar-refractivity contribution in [3.05, 3.63) is 28.7 Å². The Kier molecular flexibility index (Phi) is 3.40. The predicted molar refractivity (Wildman–Crippen MR) is 60.0 cm³/mol. The third-order valence-corrected chi connectivity index (χ3v) is 2.96. The van der Waals surface area contributed by atoms with Gasteiger partial charge in [-0.1, -0.05) is 0 Å². The van der Waals surface area contributed by atoms with Gasteiger partial charge >= 0.3 is 0 Å². The van der Waals surface area contributed by atoms with Gasteiger partial charge in [-0.05, 0) is 13.0 Å². The van der Waals surface area contributed by atoms with Crippen LogP contribution >= 0.6 is 0 Å². The first-order valence-corrected chi connectivity index (χ1v) is 5.52. The molecule has 1 saturated heterocycles. The molecule has 100 valence electrons. The molecule has 0 radical (unpaired) electrons. The number of nitrogens with zero attached hydrogens (tertiary/aromatic N) is 1. The van der Waals surface area contributed by atoms with E-state index in [0.29, 0.717) is 0 Å². The zero-order valence-electron chi connectivity index (χ0n) is 9.67.